The molecule has 0 fully saturated rings. The summed E-state index contributed by atoms with van der Waals surface area (Å²) in [5, 5.41) is 0. The van der Waals surface area contributed by atoms with Crippen LogP contribution in [-0.4, -0.2) is 12.1 Å². The van der Waals surface area contributed by atoms with E-state index in [1.165, 1.54) is 6.07 Å². The van der Waals surface area contributed by atoms with Gasteiger partial charge in [0.1, 0.15) is 5.75 Å². The smallest absolute Gasteiger partial charge is 0.418 e. The maximum Gasteiger partial charge on any atom is 0.418 e. The highest BCUT2D eigenvalue weighted by Crippen LogP contribution is 2.37. The molecule has 1 aromatic heterocycles. The molecular weight excluding hydrogens is 363 g/mol. The van der Waals surface area contributed by atoms with Crippen LogP contribution in [0, 0.1) is 6.42 Å². The van der Waals surface area contributed by atoms with Crippen LogP contribution >= 0.6 is 0 Å². The highest BCUT2D eigenvalue weighted by Gasteiger charge is 2.35. The maximum atomic E-state index is 13.6. The van der Waals surface area contributed by atoms with Crippen molar-refractivity contribution in [2.75, 3.05) is 7.11 Å². The summed E-state index contributed by atoms with van der Waals surface area (Å²) < 4.78 is 45.8. The van der Waals surface area contributed by atoms with Crippen molar-refractivity contribution in [3.8, 4) is 17.0 Å². The molecule has 0 aliphatic rings. The van der Waals surface area contributed by atoms with Gasteiger partial charge in [0.15, 0.2) is 0 Å². The molecule has 2 aromatic carbocycles. The molecule has 0 saturated heterocycles. The van der Waals surface area contributed by atoms with Crippen LogP contribution in [0.1, 0.15) is 29.3 Å². The van der Waals surface area contributed by atoms with Gasteiger partial charge in [-0.25, -0.2) is 0 Å². The Morgan fingerprint density at radius 2 is 1.64 bits per heavy atom. The van der Waals surface area contributed by atoms with E-state index in [2.05, 4.69) is 4.98 Å². The Hall–Kier alpha value is -2.82. The predicted molar refractivity (Wildman–Crippen MR) is 104 cm³/mol. The van der Waals surface area contributed by atoms with Gasteiger partial charge in [-0.05, 0) is 48.2 Å². The zero-order chi connectivity index (χ0) is 20.1. The number of ether oxygens (including phenoxy) is 1. The molecule has 0 spiro atoms. The molecule has 3 rings (SSSR count). The first-order valence-electron chi connectivity index (χ1n) is 9.01. The quantitative estimate of drug-likeness (QED) is 0.510. The van der Waals surface area contributed by atoms with E-state index < -0.39 is 11.7 Å². The molecule has 0 N–H and O–H groups in total. The summed E-state index contributed by atoms with van der Waals surface area (Å²) in [5.41, 5.74) is 2.24. The van der Waals surface area contributed by atoms with E-state index in [-0.39, 0.29) is 5.69 Å². The first-order chi connectivity index (χ1) is 13.4. The second kappa shape index (κ2) is 8.46. The predicted octanol–water partition coefficient (Wildman–Crippen LogP) is 6.13. The van der Waals surface area contributed by atoms with Crippen molar-refractivity contribution >= 4 is 0 Å². The van der Waals surface area contributed by atoms with Crippen LogP contribution in [0.25, 0.3) is 11.3 Å². The van der Waals surface area contributed by atoms with Crippen molar-refractivity contribution in [3.05, 3.63) is 89.5 Å². The van der Waals surface area contributed by atoms with E-state index in [0.29, 0.717) is 24.1 Å². The summed E-state index contributed by atoms with van der Waals surface area (Å²) >= 11 is 0. The lowest BCUT2D eigenvalue weighted by Gasteiger charge is -2.16. The lowest BCUT2D eigenvalue weighted by Crippen LogP contribution is -2.10. The second-order valence-corrected chi connectivity index (χ2v) is 6.42. The monoisotopic (exact) mass is 384 g/mol. The molecule has 28 heavy (non-hydrogen) atoms. The van der Waals surface area contributed by atoms with E-state index in [4.69, 9.17) is 4.74 Å². The first kappa shape index (κ1) is 19.9. The fourth-order valence-corrected chi connectivity index (χ4v) is 3.11. The third-order valence-electron chi connectivity index (χ3n) is 4.63. The van der Waals surface area contributed by atoms with E-state index in [0.717, 1.165) is 22.9 Å². The molecule has 2 nitrogen and oxygen atoms in total. The zero-order valence-corrected chi connectivity index (χ0v) is 15.8. The van der Waals surface area contributed by atoms with Crippen LogP contribution in [0.5, 0.6) is 5.75 Å². The number of aromatic nitrogens is 1. The van der Waals surface area contributed by atoms with Crippen LogP contribution in [0.4, 0.5) is 13.2 Å². The molecule has 0 amide bonds. The van der Waals surface area contributed by atoms with Gasteiger partial charge in [0.2, 0.25) is 0 Å². The number of methoxy groups -OCH3 is 1. The summed E-state index contributed by atoms with van der Waals surface area (Å²) in [7, 11) is 1.61. The SMILES string of the molecule is C[CH]c1ccc(C(F)(F)F)c(-c2ccccc2CCc2ccc(OC)cc2)n1. The maximum absolute atomic E-state index is 13.6. The molecule has 145 valence electrons. The van der Waals surface area contributed by atoms with Gasteiger partial charge in [0, 0.05) is 17.7 Å². The van der Waals surface area contributed by atoms with Crippen molar-refractivity contribution in [2.24, 2.45) is 0 Å². The van der Waals surface area contributed by atoms with Crippen molar-refractivity contribution in [1.29, 1.82) is 0 Å². The van der Waals surface area contributed by atoms with Gasteiger partial charge in [0.25, 0.3) is 0 Å². The Morgan fingerprint density at radius 3 is 2.29 bits per heavy atom. The van der Waals surface area contributed by atoms with Gasteiger partial charge >= 0.3 is 6.18 Å². The minimum atomic E-state index is -4.46. The number of pyridine rings is 1. The molecule has 0 aliphatic carbocycles. The number of alkyl halides is 3. The summed E-state index contributed by atoms with van der Waals surface area (Å²) in [5.74, 6) is 0.774. The lowest BCUT2D eigenvalue weighted by atomic mass is 9.95. The number of benzene rings is 2. The molecule has 3 aromatic rings. The van der Waals surface area contributed by atoms with E-state index in [9.17, 15) is 13.2 Å². The largest absolute Gasteiger partial charge is 0.497 e. The number of aryl methyl sites for hydroxylation is 2. The van der Waals surface area contributed by atoms with Gasteiger partial charge in [-0.2, -0.15) is 13.2 Å². The van der Waals surface area contributed by atoms with Crippen LogP contribution < -0.4 is 4.74 Å². The number of rotatable bonds is 6. The number of halogens is 3. The Bertz CT molecular complexity index is 933. The standard InChI is InChI=1S/C23H21F3NO/c1-3-18-12-15-21(23(24,25)26)22(27-18)20-7-5-4-6-17(20)11-8-16-9-13-19(28-2)14-10-16/h3-7,9-10,12-15H,8,11H2,1-2H3. The summed E-state index contributed by atoms with van der Waals surface area (Å²) in [6.45, 7) is 1.76. The lowest BCUT2D eigenvalue weighted by molar-refractivity contribution is -0.137. The van der Waals surface area contributed by atoms with E-state index in [1.807, 2.05) is 36.4 Å². The minimum Gasteiger partial charge on any atom is -0.497 e. The summed E-state index contributed by atoms with van der Waals surface area (Å²) in [6, 6.07) is 17.4. The Kier molecular flexibility index (Phi) is 6.02. The fourth-order valence-electron chi connectivity index (χ4n) is 3.11. The van der Waals surface area contributed by atoms with Gasteiger partial charge < -0.3 is 4.74 Å². The topological polar surface area (TPSA) is 22.1 Å². The Morgan fingerprint density at radius 1 is 0.929 bits per heavy atom. The van der Waals surface area contributed by atoms with E-state index in [1.54, 1.807) is 32.6 Å². The second-order valence-electron chi connectivity index (χ2n) is 6.42. The third-order valence-corrected chi connectivity index (χ3v) is 4.63. The van der Waals surface area contributed by atoms with Crippen molar-refractivity contribution in [3.63, 3.8) is 0 Å². The van der Waals surface area contributed by atoms with E-state index >= 15 is 0 Å². The van der Waals surface area contributed by atoms with Crippen LogP contribution in [0.2, 0.25) is 0 Å². The van der Waals surface area contributed by atoms with Crippen molar-refractivity contribution < 1.29 is 17.9 Å². The zero-order valence-electron chi connectivity index (χ0n) is 15.8. The highest BCUT2D eigenvalue weighted by molar-refractivity contribution is 5.68. The number of hydrogen-bond acceptors (Lipinski definition) is 2. The number of nitrogens with zero attached hydrogens (tertiary/aromatic N) is 1. The van der Waals surface area contributed by atoms with Gasteiger partial charge in [-0.15, -0.1) is 0 Å². The van der Waals surface area contributed by atoms with Crippen LogP contribution in [0.3, 0.4) is 0 Å². The molecular formula is C23H21F3NO. The molecule has 0 atom stereocenters. The molecule has 5 heteroatoms. The normalized spacial score (nSPS) is 11.5. The minimum absolute atomic E-state index is 0.0200. The molecule has 0 saturated carbocycles. The van der Waals surface area contributed by atoms with Gasteiger partial charge in [-0.3, -0.25) is 4.98 Å². The summed E-state index contributed by atoms with van der Waals surface area (Å²) in [4.78, 5) is 4.27. The number of hydrogen-bond donors (Lipinski definition) is 0. The molecule has 0 unspecified atom stereocenters. The highest BCUT2D eigenvalue weighted by atomic mass is 19.4. The first-order valence-corrected chi connectivity index (χ1v) is 9.01. The molecule has 0 aliphatic heterocycles. The average molecular weight is 384 g/mol. The summed E-state index contributed by atoms with van der Waals surface area (Å²) in [6.07, 6.45) is -1.44. The fraction of sp³-hybridized carbons (Fsp3) is 0.217. The molecule has 1 radical (unpaired) electrons. The van der Waals surface area contributed by atoms with Crippen molar-refractivity contribution in [1.82, 2.24) is 4.98 Å². The Balaban J connectivity index is 1.95. The molecule has 0 bridgehead atoms. The van der Waals surface area contributed by atoms with Gasteiger partial charge in [0.05, 0.1) is 18.4 Å². The third kappa shape index (κ3) is 4.53. The van der Waals surface area contributed by atoms with Crippen molar-refractivity contribution in [2.45, 2.75) is 25.9 Å². The van der Waals surface area contributed by atoms with Crippen LogP contribution in [0.15, 0.2) is 60.7 Å². The molecule has 1 heterocycles. The van der Waals surface area contributed by atoms with Crippen LogP contribution in [-0.2, 0) is 19.0 Å². The van der Waals surface area contributed by atoms with Gasteiger partial charge in [-0.1, -0.05) is 43.3 Å². The Labute approximate surface area is 163 Å². The average Bonchev–Trinajstić information content (AvgIpc) is 2.71.